The van der Waals surface area contributed by atoms with E-state index in [1.54, 1.807) is 11.1 Å². The molecule has 3 rings (SSSR count). The second kappa shape index (κ2) is 6.53. The standard InChI is InChI=1S/C17H26N2/c1-2-5-16-12-14(6-7-15(16)4-1)13-18-10-3-11-19-17-8-9-17/h1-2,4-5,14,17-19H,3,6-13H2. The molecule has 0 spiro atoms. The van der Waals surface area contributed by atoms with E-state index in [4.69, 9.17) is 0 Å². The molecule has 2 N–H and O–H groups in total. The summed E-state index contributed by atoms with van der Waals surface area (Å²) in [5.41, 5.74) is 3.16. The third-order valence-electron chi connectivity index (χ3n) is 4.42. The molecule has 0 bridgehead atoms. The van der Waals surface area contributed by atoms with Gasteiger partial charge in [0.15, 0.2) is 0 Å². The van der Waals surface area contributed by atoms with Gasteiger partial charge in [0.25, 0.3) is 0 Å². The number of benzene rings is 1. The Balaban J connectivity index is 1.31. The van der Waals surface area contributed by atoms with Crippen LogP contribution < -0.4 is 10.6 Å². The average Bonchev–Trinajstić information content (AvgIpc) is 3.27. The Morgan fingerprint density at radius 3 is 2.68 bits per heavy atom. The van der Waals surface area contributed by atoms with Crippen LogP contribution in [0.4, 0.5) is 0 Å². The summed E-state index contributed by atoms with van der Waals surface area (Å²) in [6.45, 7) is 3.54. The predicted octanol–water partition coefficient (Wildman–Crippen LogP) is 2.52. The van der Waals surface area contributed by atoms with Gasteiger partial charge < -0.3 is 10.6 Å². The molecule has 0 saturated heterocycles. The van der Waals surface area contributed by atoms with Crippen molar-refractivity contribution in [2.24, 2.45) is 5.92 Å². The Morgan fingerprint density at radius 2 is 1.84 bits per heavy atom. The molecule has 0 heterocycles. The van der Waals surface area contributed by atoms with Gasteiger partial charge in [0.1, 0.15) is 0 Å². The van der Waals surface area contributed by atoms with Crippen LogP contribution in [-0.4, -0.2) is 25.7 Å². The van der Waals surface area contributed by atoms with Crippen molar-refractivity contribution >= 4 is 0 Å². The lowest BCUT2D eigenvalue weighted by Gasteiger charge is -2.24. The molecule has 1 aromatic rings. The summed E-state index contributed by atoms with van der Waals surface area (Å²) in [6.07, 6.45) is 7.95. The van der Waals surface area contributed by atoms with Crippen molar-refractivity contribution in [2.75, 3.05) is 19.6 Å². The Bertz CT molecular complexity index is 398. The molecule has 1 aromatic carbocycles. The van der Waals surface area contributed by atoms with Crippen LogP contribution in [0.15, 0.2) is 24.3 Å². The van der Waals surface area contributed by atoms with Crippen LogP contribution >= 0.6 is 0 Å². The zero-order valence-corrected chi connectivity index (χ0v) is 11.8. The summed E-state index contributed by atoms with van der Waals surface area (Å²) in [6, 6.07) is 9.81. The molecule has 1 fully saturated rings. The van der Waals surface area contributed by atoms with Gasteiger partial charge in [-0.05, 0) is 75.2 Å². The summed E-state index contributed by atoms with van der Waals surface area (Å²) >= 11 is 0. The van der Waals surface area contributed by atoms with Gasteiger partial charge in [0.2, 0.25) is 0 Å². The number of fused-ring (bicyclic) bond motifs is 1. The molecular formula is C17H26N2. The Kier molecular flexibility index (Phi) is 4.52. The van der Waals surface area contributed by atoms with E-state index in [0.29, 0.717) is 0 Å². The van der Waals surface area contributed by atoms with Crippen molar-refractivity contribution in [1.82, 2.24) is 10.6 Å². The minimum Gasteiger partial charge on any atom is -0.316 e. The maximum Gasteiger partial charge on any atom is 0.00682 e. The van der Waals surface area contributed by atoms with Crippen LogP contribution in [0.25, 0.3) is 0 Å². The topological polar surface area (TPSA) is 24.1 Å². The molecule has 0 aromatic heterocycles. The van der Waals surface area contributed by atoms with Gasteiger partial charge in [-0.25, -0.2) is 0 Å². The third kappa shape index (κ3) is 4.05. The highest BCUT2D eigenvalue weighted by molar-refractivity contribution is 5.29. The fourth-order valence-electron chi connectivity index (χ4n) is 3.06. The molecule has 1 atom stereocenters. The summed E-state index contributed by atoms with van der Waals surface area (Å²) in [5.74, 6) is 0.839. The molecule has 2 heteroatoms. The van der Waals surface area contributed by atoms with E-state index in [1.807, 2.05) is 0 Å². The van der Waals surface area contributed by atoms with E-state index in [0.717, 1.165) is 18.5 Å². The first kappa shape index (κ1) is 13.1. The summed E-state index contributed by atoms with van der Waals surface area (Å²) in [4.78, 5) is 0. The number of hydrogen-bond acceptors (Lipinski definition) is 2. The van der Waals surface area contributed by atoms with Gasteiger partial charge in [-0.1, -0.05) is 24.3 Å². The molecule has 104 valence electrons. The third-order valence-corrected chi connectivity index (χ3v) is 4.42. The second-order valence-corrected chi connectivity index (χ2v) is 6.16. The van der Waals surface area contributed by atoms with E-state index >= 15 is 0 Å². The van der Waals surface area contributed by atoms with E-state index in [2.05, 4.69) is 34.9 Å². The molecule has 1 unspecified atom stereocenters. The first-order valence-corrected chi connectivity index (χ1v) is 7.93. The van der Waals surface area contributed by atoms with Crippen LogP contribution in [0.5, 0.6) is 0 Å². The molecular weight excluding hydrogens is 232 g/mol. The SMILES string of the molecule is c1ccc2c(c1)CCC(CNCCCNC1CC1)C2. The van der Waals surface area contributed by atoms with Gasteiger partial charge in [-0.15, -0.1) is 0 Å². The number of rotatable bonds is 7. The summed E-state index contributed by atoms with van der Waals surface area (Å²) < 4.78 is 0. The number of aryl methyl sites for hydroxylation is 1. The quantitative estimate of drug-likeness (QED) is 0.734. The van der Waals surface area contributed by atoms with Crippen LogP contribution in [-0.2, 0) is 12.8 Å². The second-order valence-electron chi connectivity index (χ2n) is 6.16. The van der Waals surface area contributed by atoms with Gasteiger partial charge in [-0.3, -0.25) is 0 Å². The number of nitrogens with one attached hydrogen (secondary N) is 2. The zero-order valence-electron chi connectivity index (χ0n) is 11.8. The van der Waals surface area contributed by atoms with Crippen molar-refractivity contribution in [3.63, 3.8) is 0 Å². The highest BCUT2D eigenvalue weighted by atomic mass is 14.9. The smallest absolute Gasteiger partial charge is 0.00682 e. The van der Waals surface area contributed by atoms with Crippen LogP contribution in [0.2, 0.25) is 0 Å². The highest BCUT2D eigenvalue weighted by Crippen LogP contribution is 2.24. The molecule has 2 nitrogen and oxygen atoms in total. The minimum absolute atomic E-state index is 0.839. The molecule has 1 saturated carbocycles. The molecule has 2 aliphatic rings. The maximum atomic E-state index is 3.64. The van der Waals surface area contributed by atoms with Crippen molar-refractivity contribution in [1.29, 1.82) is 0 Å². The van der Waals surface area contributed by atoms with Crippen molar-refractivity contribution < 1.29 is 0 Å². The van der Waals surface area contributed by atoms with Crippen LogP contribution in [0, 0.1) is 5.92 Å². The fourth-order valence-corrected chi connectivity index (χ4v) is 3.06. The Morgan fingerprint density at radius 1 is 1.00 bits per heavy atom. The van der Waals surface area contributed by atoms with E-state index in [1.165, 1.54) is 51.6 Å². The molecule has 0 radical (unpaired) electrons. The lowest BCUT2D eigenvalue weighted by atomic mass is 9.84. The average molecular weight is 258 g/mol. The van der Waals surface area contributed by atoms with E-state index in [9.17, 15) is 0 Å². The Hall–Kier alpha value is -0.860. The fraction of sp³-hybridized carbons (Fsp3) is 0.647. The lowest BCUT2D eigenvalue weighted by molar-refractivity contribution is 0.421. The largest absolute Gasteiger partial charge is 0.316 e. The normalized spacial score (nSPS) is 22.2. The monoisotopic (exact) mass is 258 g/mol. The highest BCUT2D eigenvalue weighted by Gasteiger charge is 2.19. The van der Waals surface area contributed by atoms with Crippen LogP contribution in [0.1, 0.15) is 36.8 Å². The minimum atomic E-state index is 0.839. The van der Waals surface area contributed by atoms with Crippen LogP contribution in [0.3, 0.4) is 0 Å². The van der Waals surface area contributed by atoms with E-state index in [-0.39, 0.29) is 0 Å². The maximum absolute atomic E-state index is 3.64. The first-order chi connectivity index (χ1) is 9.42. The molecule has 19 heavy (non-hydrogen) atoms. The van der Waals surface area contributed by atoms with Crippen molar-refractivity contribution in [3.05, 3.63) is 35.4 Å². The van der Waals surface area contributed by atoms with Crippen molar-refractivity contribution in [3.8, 4) is 0 Å². The molecule has 0 aliphatic heterocycles. The Labute approximate surface area is 117 Å². The predicted molar refractivity (Wildman–Crippen MR) is 80.5 cm³/mol. The number of hydrogen-bond donors (Lipinski definition) is 2. The molecule has 2 aliphatic carbocycles. The van der Waals surface area contributed by atoms with Gasteiger partial charge in [0, 0.05) is 6.04 Å². The van der Waals surface area contributed by atoms with Gasteiger partial charge in [-0.2, -0.15) is 0 Å². The summed E-state index contributed by atoms with van der Waals surface area (Å²) in [5, 5.41) is 7.21. The molecule has 0 amide bonds. The first-order valence-electron chi connectivity index (χ1n) is 7.93. The van der Waals surface area contributed by atoms with E-state index < -0.39 is 0 Å². The van der Waals surface area contributed by atoms with Crippen molar-refractivity contribution in [2.45, 2.75) is 44.6 Å². The van der Waals surface area contributed by atoms with Gasteiger partial charge >= 0.3 is 0 Å². The summed E-state index contributed by atoms with van der Waals surface area (Å²) in [7, 11) is 0. The lowest BCUT2D eigenvalue weighted by Crippen LogP contribution is -2.29. The zero-order chi connectivity index (χ0) is 12.9. The van der Waals surface area contributed by atoms with Gasteiger partial charge in [0.05, 0.1) is 0 Å².